The van der Waals surface area contributed by atoms with Crippen molar-refractivity contribution in [2.24, 2.45) is 0 Å². The number of benzene rings is 2. The lowest BCUT2D eigenvalue weighted by atomic mass is 10.2. The second-order valence-electron chi connectivity index (χ2n) is 4.33. The van der Waals surface area contributed by atoms with Gasteiger partial charge < -0.3 is 10.1 Å². The zero-order valence-corrected chi connectivity index (χ0v) is 15.7. The zero-order valence-electron chi connectivity index (χ0n) is 10.9. The second kappa shape index (κ2) is 7.48. The Kier molecular flexibility index (Phi) is 5.93. The molecule has 0 unspecified atom stereocenters. The fraction of sp³-hybridized carbons (Fsp3) is 0.200. The molecule has 1 N–H and O–H groups in total. The second-order valence-corrected chi connectivity index (χ2v) is 6.96. The van der Waals surface area contributed by atoms with E-state index >= 15 is 0 Å². The Morgan fingerprint density at radius 3 is 2.20 bits per heavy atom. The normalized spacial score (nSPS) is 10.4. The summed E-state index contributed by atoms with van der Waals surface area (Å²) in [6.07, 6.45) is 0. The Bertz CT molecular complexity index is 561. The van der Waals surface area contributed by atoms with Crippen molar-refractivity contribution in [1.82, 2.24) is 0 Å². The molecular formula is C15H14Br3NO. The highest BCUT2D eigenvalue weighted by molar-refractivity contribution is 9.11. The number of rotatable bonds is 5. The number of halogens is 3. The van der Waals surface area contributed by atoms with E-state index < -0.39 is 0 Å². The van der Waals surface area contributed by atoms with Crippen molar-refractivity contribution in [3.8, 4) is 5.75 Å². The quantitative estimate of drug-likeness (QED) is 0.568. The van der Waals surface area contributed by atoms with E-state index in [2.05, 4.69) is 72.2 Å². The van der Waals surface area contributed by atoms with Crippen LogP contribution < -0.4 is 10.1 Å². The minimum absolute atomic E-state index is 0.606. The molecule has 20 heavy (non-hydrogen) atoms. The third kappa shape index (κ3) is 4.50. The molecule has 0 atom stereocenters. The summed E-state index contributed by atoms with van der Waals surface area (Å²) in [6.45, 7) is 3.40. The molecule has 0 aliphatic heterocycles. The number of nitrogens with one attached hydrogen (secondary N) is 1. The molecular weight excluding hydrogens is 450 g/mol. The summed E-state index contributed by atoms with van der Waals surface area (Å²) in [5.41, 5.74) is 2.26. The predicted molar refractivity (Wildman–Crippen MR) is 94.7 cm³/mol. The molecule has 5 heteroatoms. The molecule has 0 heterocycles. The van der Waals surface area contributed by atoms with Crippen LogP contribution in [0.25, 0.3) is 0 Å². The van der Waals surface area contributed by atoms with Gasteiger partial charge >= 0.3 is 0 Å². The Labute approximate surface area is 144 Å². The molecule has 0 saturated heterocycles. The molecule has 0 fully saturated rings. The first-order valence-electron chi connectivity index (χ1n) is 6.14. The van der Waals surface area contributed by atoms with E-state index in [0.717, 1.165) is 31.4 Å². The topological polar surface area (TPSA) is 21.3 Å². The molecule has 0 saturated carbocycles. The fourth-order valence-corrected chi connectivity index (χ4v) is 3.70. The van der Waals surface area contributed by atoms with Gasteiger partial charge in [-0.15, -0.1) is 0 Å². The third-order valence-corrected chi connectivity index (χ3v) is 4.45. The van der Waals surface area contributed by atoms with Crippen LogP contribution in [-0.2, 0) is 0 Å². The third-order valence-electron chi connectivity index (χ3n) is 2.67. The minimum atomic E-state index is 0.606. The predicted octanol–water partition coefficient (Wildman–Crippen LogP) is 5.77. The lowest BCUT2D eigenvalue weighted by molar-refractivity contribution is 0.333. The Morgan fingerprint density at radius 1 is 1.00 bits per heavy atom. The first-order chi connectivity index (χ1) is 9.56. The van der Waals surface area contributed by atoms with Crippen LogP contribution in [0.1, 0.15) is 5.56 Å². The number of ether oxygens (including phenoxy) is 1. The summed E-state index contributed by atoms with van der Waals surface area (Å²) in [5, 5.41) is 3.36. The lowest BCUT2D eigenvalue weighted by Crippen LogP contribution is -2.12. The van der Waals surface area contributed by atoms with E-state index in [0.29, 0.717) is 6.61 Å². The van der Waals surface area contributed by atoms with E-state index in [1.54, 1.807) is 0 Å². The largest absolute Gasteiger partial charge is 0.492 e. The summed E-state index contributed by atoms with van der Waals surface area (Å²) in [4.78, 5) is 0. The molecule has 0 bridgehead atoms. The molecule has 0 spiro atoms. The first kappa shape index (κ1) is 15.9. The molecule has 2 rings (SSSR count). The molecule has 0 aliphatic carbocycles. The van der Waals surface area contributed by atoms with E-state index in [-0.39, 0.29) is 0 Å². The number of anilines is 1. The zero-order chi connectivity index (χ0) is 14.5. The summed E-state index contributed by atoms with van der Waals surface area (Å²) in [7, 11) is 0. The van der Waals surface area contributed by atoms with E-state index in [1.165, 1.54) is 5.56 Å². The highest BCUT2D eigenvalue weighted by Gasteiger charge is 2.05. The lowest BCUT2D eigenvalue weighted by Gasteiger charge is -2.12. The van der Waals surface area contributed by atoms with Gasteiger partial charge in [0, 0.05) is 20.0 Å². The van der Waals surface area contributed by atoms with E-state index in [9.17, 15) is 0 Å². The van der Waals surface area contributed by atoms with Gasteiger partial charge in [0.2, 0.25) is 0 Å². The van der Waals surface area contributed by atoms with Crippen LogP contribution in [0.5, 0.6) is 5.75 Å². The number of aryl methyl sites for hydroxylation is 1. The SMILES string of the molecule is Cc1cc(Br)c(NCCOc2ccc(Br)cc2)c(Br)c1. The summed E-state index contributed by atoms with van der Waals surface area (Å²) >= 11 is 10.5. The van der Waals surface area contributed by atoms with Crippen LogP contribution in [0.4, 0.5) is 5.69 Å². The highest BCUT2D eigenvalue weighted by atomic mass is 79.9. The first-order valence-corrected chi connectivity index (χ1v) is 8.52. The number of hydrogen-bond donors (Lipinski definition) is 1. The average Bonchev–Trinajstić information content (AvgIpc) is 2.39. The van der Waals surface area contributed by atoms with Gasteiger partial charge in [-0.3, -0.25) is 0 Å². The van der Waals surface area contributed by atoms with Gasteiger partial charge in [0.05, 0.1) is 5.69 Å². The molecule has 0 aromatic heterocycles. The van der Waals surface area contributed by atoms with Gasteiger partial charge in [0.25, 0.3) is 0 Å². The van der Waals surface area contributed by atoms with Crippen molar-refractivity contribution in [3.63, 3.8) is 0 Å². The maximum Gasteiger partial charge on any atom is 0.119 e. The fourth-order valence-electron chi connectivity index (χ4n) is 1.74. The summed E-state index contributed by atoms with van der Waals surface area (Å²) in [6, 6.07) is 12.0. The Morgan fingerprint density at radius 2 is 1.60 bits per heavy atom. The highest BCUT2D eigenvalue weighted by Crippen LogP contribution is 2.32. The van der Waals surface area contributed by atoms with Gasteiger partial charge in [-0.25, -0.2) is 0 Å². The van der Waals surface area contributed by atoms with E-state index in [1.807, 2.05) is 24.3 Å². The summed E-state index contributed by atoms with van der Waals surface area (Å²) < 4.78 is 8.82. The van der Waals surface area contributed by atoms with Crippen LogP contribution in [0.3, 0.4) is 0 Å². The Hall–Kier alpha value is -0.520. The smallest absolute Gasteiger partial charge is 0.119 e. The standard InChI is InChI=1S/C15H14Br3NO/c1-10-8-13(17)15(14(18)9-10)19-6-7-20-12-4-2-11(16)3-5-12/h2-5,8-9,19H,6-7H2,1H3. The van der Waals surface area contributed by atoms with Crippen LogP contribution >= 0.6 is 47.8 Å². The maximum absolute atomic E-state index is 5.67. The minimum Gasteiger partial charge on any atom is -0.492 e. The molecule has 106 valence electrons. The maximum atomic E-state index is 5.67. The van der Waals surface area contributed by atoms with Crippen LogP contribution in [0.15, 0.2) is 49.8 Å². The molecule has 2 nitrogen and oxygen atoms in total. The van der Waals surface area contributed by atoms with Gasteiger partial charge in [0.15, 0.2) is 0 Å². The van der Waals surface area contributed by atoms with Crippen molar-refractivity contribution in [3.05, 3.63) is 55.4 Å². The van der Waals surface area contributed by atoms with Crippen LogP contribution in [0, 0.1) is 6.92 Å². The average molecular weight is 464 g/mol. The Balaban J connectivity index is 1.86. The monoisotopic (exact) mass is 461 g/mol. The van der Waals surface area contributed by atoms with Gasteiger partial charge in [-0.2, -0.15) is 0 Å². The van der Waals surface area contributed by atoms with Crippen molar-refractivity contribution >= 4 is 53.5 Å². The van der Waals surface area contributed by atoms with Gasteiger partial charge in [-0.05, 0) is 80.7 Å². The van der Waals surface area contributed by atoms with Crippen molar-refractivity contribution in [1.29, 1.82) is 0 Å². The van der Waals surface area contributed by atoms with Crippen LogP contribution in [-0.4, -0.2) is 13.2 Å². The van der Waals surface area contributed by atoms with Gasteiger partial charge in [-0.1, -0.05) is 15.9 Å². The number of hydrogen-bond acceptors (Lipinski definition) is 2. The van der Waals surface area contributed by atoms with Crippen molar-refractivity contribution in [2.45, 2.75) is 6.92 Å². The van der Waals surface area contributed by atoms with Gasteiger partial charge in [0.1, 0.15) is 12.4 Å². The molecule has 2 aromatic rings. The summed E-state index contributed by atoms with van der Waals surface area (Å²) in [5.74, 6) is 0.872. The molecule has 0 radical (unpaired) electrons. The van der Waals surface area contributed by atoms with Crippen LogP contribution in [0.2, 0.25) is 0 Å². The van der Waals surface area contributed by atoms with Crippen molar-refractivity contribution < 1.29 is 4.74 Å². The van der Waals surface area contributed by atoms with Crippen molar-refractivity contribution in [2.75, 3.05) is 18.5 Å². The molecule has 0 amide bonds. The molecule has 0 aliphatic rings. The van der Waals surface area contributed by atoms with E-state index in [4.69, 9.17) is 4.74 Å². The molecule has 2 aromatic carbocycles.